The van der Waals surface area contributed by atoms with E-state index in [9.17, 15) is 8.42 Å². The number of aliphatic imine (C=N–C) groups is 1. The molecule has 7 nitrogen and oxygen atoms in total. The zero-order chi connectivity index (χ0) is 18.5. The fourth-order valence-corrected chi connectivity index (χ4v) is 4.85. The van der Waals surface area contributed by atoms with Crippen LogP contribution in [0.1, 0.15) is 26.7 Å². The van der Waals surface area contributed by atoms with Gasteiger partial charge in [-0.2, -0.15) is 0 Å². The number of guanidine groups is 1. The first kappa shape index (κ1) is 23.9. The molecule has 1 N–H and O–H groups in total. The van der Waals surface area contributed by atoms with E-state index in [2.05, 4.69) is 32.1 Å². The van der Waals surface area contributed by atoms with Gasteiger partial charge in [0.25, 0.3) is 0 Å². The van der Waals surface area contributed by atoms with E-state index in [1.54, 1.807) is 20.9 Å². The van der Waals surface area contributed by atoms with E-state index in [4.69, 9.17) is 0 Å². The highest BCUT2D eigenvalue weighted by molar-refractivity contribution is 14.0. The number of hydrogen-bond donors (Lipinski definition) is 1. The Morgan fingerprint density at radius 1 is 1.15 bits per heavy atom. The van der Waals surface area contributed by atoms with Gasteiger partial charge in [0.15, 0.2) is 15.8 Å². The van der Waals surface area contributed by atoms with Crippen molar-refractivity contribution in [1.82, 2.24) is 20.0 Å². The molecular formula is C17H36IN5O2S. The van der Waals surface area contributed by atoms with Crippen molar-refractivity contribution in [1.29, 1.82) is 0 Å². The van der Waals surface area contributed by atoms with Crippen LogP contribution in [0.25, 0.3) is 0 Å². The Hall–Kier alpha value is -0.130. The molecule has 2 heterocycles. The van der Waals surface area contributed by atoms with Crippen LogP contribution in [-0.2, 0) is 9.84 Å². The lowest BCUT2D eigenvalue weighted by atomic mass is 10.2. The molecule has 2 fully saturated rings. The van der Waals surface area contributed by atoms with Gasteiger partial charge < -0.3 is 20.0 Å². The maximum Gasteiger partial charge on any atom is 0.193 e. The van der Waals surface area contributed by atoms with Gasteiger partial charge in [0, 0.05) is 39.8 Å². The lowest BCUT2D eigenvalue weighted by Gasteiger charge is -2.39. The first-order valence-electron chi connectivity index (χ1n) is 9.34. The smallest absolute Gasteiger partial charge is 0.193 e. The Morgan fingerprint density at radius 2 is 1.88 bits per heavy atom. The molecule has 154 valence electrons. The van der Waals surface area contributed by atoms with Gasteiger partial charge in [0.2, 0.25) is 0 Å². The van der Waals surface area contributed by atoms with Crippen molar-refractivity contribution in [3.05, 3.63) is 0 Å². The van der Waals surface area contributed by atoms with Gasteiger partial charge in [-0.1, -0.05) is 0 Å². The lowest BCUT2D eigenvalue weighted by Crippen LogP contribution is -2.57. The Labute approximate surface area is 176 Å². The van der Waals surface area contributed by atoms with Crippen molar-refractivity contribution >= 4 is 39.8 Å². The van der Waals surface area contributed by atoms with Crippen LogP contribution in [0.3, 0.4) is 0 Å². The van der Waals surface area contributed by atoms with Crippen molar-refractivity contribution in [2.45, 2.75) is 31.4 Å². The Balaban J connectivity index is 0.00000338. The van der Waals surface area contributed by atoms with Crippen molar-refractivity contribution in [3.8, 4) is 0 Å². The third-order valence-corrected chi connectivity index (χ3v) is 7.83. The summed E-state index contributed by atoms with van der Waals surface area (Å²) in [6, 6.07) is 0. The largest absolute Gasteiger partial charge is 0.356 e. The number of rotatable bonds is 4. The maximum absolute atomic E-state index is 12.2. The predicted octanol–water partition coefficient (Wildman–Crippen LogP) is 0.716. The number of likely N-dealkylation sites (N-methyl/N-ethyl adjacent to an activating group) is 1. The summed E-state index contributed by atoms with van der Waals surface area (Å²) in [6.45, 7) is 11.2. The number of halogens is 1. The highest BCUT2D eigenvalue weighted by Gasteiger charge is 2.40. The van der Waals surface area contributed by atoms with Crippen molar-refractivity contribution < 1.29 is 8.42 Å². The summed E-state index contributed by atoms with van der Waals surface area (Å²) < 4.78 is 23.6. The Kier molecular flexibility index (Phi) is 9.59. The van der Waals surface area contributed by atoms with Crippen molar-refractivity contribution in [3.63, 3.8) is 0 Å². The van der Waals surface area contributed by atoms with Crippen LogP contribution in [0.5, 0.6) is 0 Å². The fraction of sp³-hybridized carbons (Fsp3) is 0.941. The van der Waals surface area contributed by atoms with E-state index in [0.717, 1.165) is 38.6 Å². The summed E-state index contributed by atoms with van der Waals surface area (Å²) in [5.74, 6) is 1.01. The normalized spacial score (nSPS) is 24.6. The van der Waals surface area contributed by atoms with Gasteiger partial charge in [-0.15, -0.1) is 24.0 Å². The minimum Gasteiger partial charge on any atom is -0.356 e. The minimum absolute atomic E-state index is 0. The number of hydrogen-bond acceptors (Lipinski definition) is 5. The van der Waals surface area contributed by atoms with Gasteiger partial charge in [-0.25, -0.2) is 8.42 Å². The van der Waals surface area contributed by atoms with E-state index in [1.165, 1.54) is 19.5 Å². The average Bonchev–Trinajstić information content (AvgIpc) is 2.75. The van der Waals surface area contributed by atoms with Crippen molar-refractivity contribution in [2.24, 2.45) is 4.99 Å². The van der Waals surface area contributed by atoms with E-state index in [1.807, 2.05) is 0 Å². The highest BCUT2D eigenvalue weighted by Crippen LogP contribution is 2.23. The average molecular weight is 501 g/mol. The zero-order valence-corrected chi connectivity index (χ0v) is 19.8. The second-order valence-corrected chi connectivity index (χ2v) is 10.6. The standard InChI is InChI=1S/C17H35N5O2S.HI/c1-17(2)15-22(13-14-25(17,23)24)16(18-3)19-7-5-9-21-10-6-8-20(4)11-12-21;/h5-15H2,1-4H3,(H,18,19);1H. The molecule has 9 heteroatoms. The molecule has 0 unspecified atom stereocenters. The third-order valence-electron chi connectivity index (χ3n) is 5.30. The van der Waals surface area contributed by atoms with Gasteiger partial charge in [-0.3, -0.25) is 4.99 Å². The summed E-state index contributed by atoms with van der Waals surface area (Å²) in [6.07, 6.45) is 2.31. The molecule has 26 heavy (non-hydrogen) atoms. The predicted molar refractivity (Wildman–Crippen MR) is 119 cm³/mol. The topological polar surface area (TPSA) is 68.2 Å². The SMILES string of the molecule is CN=C(NCCCN1CCCN(C)CC1)N1CCS(=O)(=O)C(C)(C)C1.I. The molecule has 2 aliphatic heterocycles. The Morgan fingerprint density at radius 3 is 2.54 bits per heavy atom. The molecule has 0 atom stereocenters. The summed E-state index contributed by atoms with van der Waals surface area (Å²) >= 11 is 0. The zero-order valence-electron chi connectivity index (χ0n) is 16.7. The summed E-state index contributed by atoms with van der Waals surface area (Å²) in [5.41, 5.74) is 0. The highest BCUT2D eigenvalue weighted by atomic mass is 127. The monoisotopic (exact) mass is 501 g/mol. The second kappa shape index (κ2) is 10.4. The summed E-state index contributed by atoms with van der Waals surface area (Å²) in [4.78, 5) is 11.3. The van der Waals surface area contributed by atoms with Crippen LogP contribution in [0, 0.1) is 0 Å². The van der Waals surface area contributed by atoms with Crippen LogP contribution in [0.15, 0.2) is 4.99 Å². The van der Waals surface area contributed by atoms with E-state index in [-0.39, 0.29) is 29.7 Å². The minimum atomic E-state index is -3.02. The van der Waals surface area contributed by atoms with Crippen LogP contribution in [-0.4, -0.2) is 106 Å². The molecular weight excluding hydrogens is 465 g/mol. The quantitative estimate of drug-likeness (QED) is 0.265. The number of nitrogens with one attached hydrogen (secondary N) is 1. The van der Waals surface area contributed by atoms with Crippen molar-refractivity contribution in [2.75, 3.05) is 72.2 Å². The first-order chi connectivity index (χ1) is 11.7. The first-order valence-corrected chi connectivity index (χ1v) is 11.0. The molecule has 0 bridgehead atoms. The number of sulfone groups is 1. The molecule has 0 aromatic carbocycles. The van der Waals surface area contributed by atoms with Crippen LogP contribution >= 0.6 is 24.0 Å². The molecule has 0 amide bonds. The van der Waals surface area contributed by atoms with Crippen LogP contribution in [0.2, 0.25) is 0 Å². The van der Waals surface area contributed by atoms with Gasteiger partial charge in [-0.05, 0) is 53.4 Å². The van der Waals surface area contributed by atoms with E-state index >= 15 is 0 Å². The second-order valence-electron chi connectivity index (χ2n) is 7.83. The molecule has 0 aromatic heterocycles. The van der Waals surface area contributed by atoms with Gasteiger partial charge in [0.1, 0.15) is 0 Å². The molecule has 0 radical (unpaired) electrons. The van der Waals surface area contributed by atoms with Crippen LogP contribution < -0.4 is 5.32 Å². The third kappa shape index (κ3) is 6.49. The maximum atomic E-state index is 12.2. The molecule has 0 aromatic rings. The van der Waals surface area contributed by atoms with Crippen LogP contribution in [0.4, 0.5) is 0 Å². The fourth-order valence-electron chi connectivity index (χ4n) is 3.48. The van der Waals surface area contributed by atoms with Gasteiger partial charge >= 0.3 is 0 Å². The lowest BCUT2D eigenvalue weighted by molar-refractivity contribution is 0.273. The Bertz CT molecular complexity index is 568. The molecule has 0 spiro atoms. The molecule has 2 aliphatic rings. The van der Waals surface area contributed by atoms with E-state index in [0.29, 0.717) is 13.1 Å². The molecule has 2 rings (SSSR count). The number of nitrogens with zero attached hydrogens (tertiary/aromatic N) is 4. The summed E-state index contributed by atoms with van der Waals surface area (Å²) in [5, 5.41) is 3.41. The molecule has 2 saturated heterocycles. The van der Waals surface area contributed by atoms with Gasteiger partial charge in [0.05, 0.1) is 10.5 Å². The summed E-state index contributed by atoms with van der Waals surface area (Å²) in [7, 11) is 0.938. The van der Waals surface area contributed by atoms with E-state index < -0.39 is 14.6 Å². The molecule has 0 aliphatic carbocycles. The molecule has 0 saturated carbocycles.